The van der Waals surface area contributed by atoms with Gasteiger partial charge in [0.25, 0.3) is 5.91 Å². The maximum Gasteiger partial charge on any atom is 0.306 e. The topological polar surface area (TPSA) is 72.5 Å². The van der Waals surface area contributed by atoms with Gasteiger partial charge in [-0.3, -0.25) is 14.4 Å². The lowest BCUT2D eigenvalue weighted by Crippen LogP contribution is -2.21. The van der Waals surface area contributed by atoms with E-state index in [0.717, 1.165) is 0 Å². The molecule has 5 nitrogen and oxygen atoms in total. The Morgan fingerprint density at radius 3 is 2.32 bits per heavy atom. The zero-order valence-electron chi connectivity index (χ0n) is 13.1. The van der Waals surface area contributed by atoms with E-state index >= 15 is 0 Å². The standard InChI is InChI=1S/C18H15Cl2NO4/c19-13-6-4-12(5-7-13)16(22)8-9-18(24)25-11-17(23)21-15-3-1-2-14(20)10-15/h1-7,10H,8-9,11H2,(H,21,23). The summed E-state index contributed by atoms with van der Waals surface area (Å²) < 4.78 is 4.85. The number of anilines is 1. The Balaban J connectivity index is 1.72. The van der Waals surface area contributed by atoms with Crippen molar-refractivity contribution in [1.82, 2.24) is 0 Å². The molecule has 0 unspecified atom stereocenters. The third-order valence-electron chi connectivity index (χ3n) is 3.20. The lowest BCUT2D eigenvalue weighted by molar-refractivity contribution is -0.147. The van der Waals surface area contributed by atoms with Crippen molar-refractivity contribution in [3.8, 4) is 0 Å². The third-order valence-corrected chi connectivity index (χ3v) is 3.68. The van der Waals surface area contributed by atoms with Gasteiger partial charge < -0.3 is 10.1 Å². The molecule has 0 atom stereocenters. The van der Waals surface area contributed by atoms with Crippen molar-refractivity contribution < 1.29 is 19.1 Å². The van der Waals surface area contributed by atoms with E-state index in [4.69, 9.17) is 27.9 Å². The van der Waals surface area contributed by atoms with Crippen molar-refractivity contribution in [2.45, 2.75) is 12.8 Å². The number of carbonyl (C=O) groups is 3. The van der Waals surface area contributed by atoms with Crippen LogP contribution in [0.3, 0.4) is 0 Å². The van der Waals surface area contributed by atoms with Crippen LogP contribution >= 0.6 is 23.2 Å². The summed E-state index contributed by atoms with van der Waals surface area (Å²) in [6.45, 7) is -0.430. The van der Waals surface area contributed by atoms with Crippen LogP contribution in [0.25, 0.3) is 0 Å². The smallest absolute Gasteiger partial charge is 0.306 e. The van der Waals surface area contributed by atoms with E-state index in [-0.39, 0.29) is 18.6 Å². The Morgan fingerprint density at radius 1 is 0.920 bits per heavy atom. The molecule has 0 aliphatic carbocycles. The van der Waals surface area contributed by atoms with E-state index in [1.807, 2.05) is 0 Å². The molecule has 0 saturated heterocycles. The minimum Gasteiger partial charge on any atom is -0.456 e. The summed E-state index contributed by atoms with van der Waals surface area (Å²) in [6, 6.07) is 13.0. The number of halogens is 2. The minimum absolute atomic E-state index is 0.00359. The number of Topliss-reactive ketones (excluding diaryl/α,β-unsaturated/α-hetero) is 1. The highest BCUT2D eigenvalue weighted by Gasteiger charge is 2.12. The molecular weight excluding hydrogens is 365 g/mol. The van der Waals surface area contributed by atoms with Crippen LogP contribution in [0.15, 0.2) is 48.5 Å². The summed E-state index contributed by atoms with van der Waals surface area (Å²) in [5.41, 5.74) is 0.974. The maximum atomic E-state index is 11.9. The van der Waals surface area contributed by atoms with Gasteiger partial charge in [-0.25, -0.2) is 0 Å². The van der Waals surface area contributed by atoms with E-state index in [1.54, 1.807) is 48.5 Å². The third kappa shape index (κ3) is 6.57. The zero-order chi connectivity index (χ0) is 18.2. The molecule has 0 spiro atoms. The first kappa shape index (κ1) is 19.0. The van der Waals surface area contributed by atoms with E-state index in [0.29, 0.717) is 21.3 Å². The lowest BCUT2D eigenvalue weighted by Gasteiger charge is -2.07. The molecule has 0 bridgehead atoms. The van der Waals surface area contributed by atoms with Crippen molar-refractivity contribution in [3.63, 3.8) is 0 Å². The first-order chi connectivity index (χ1) is 11.9. The average Bonchev–Trinajstić information content (AvgIpc) is 2.58. The second-order valence-corrected chi connectivity index (χ2v) is 6.02. The van der Waals surface area contributed by atoms with E-state index in [9.17, 15) is 14.4 Å². The molecule has 0 heterocycles. The Labute approximate surface area is 154 Å². The van der Waals surface area contributed by atoms with Crippen molar-refractivity contribution in [2.24, 2.45) is 0 Å². The number of hydrogen-bond acceptors (Lipinski definition) is 4. The van der Waals surface area contributed by atoms with Crippen molar-refractivity contribution >= 4 is 46.5 Å². The van der Waals surface area contributed by atoms with Gasteiger partial charge in [0.05, 0.1) is 6.42 Å². The minimum atomic E-state index is -0.622. The molecule has 1 amide bonds. The van der Waals surface area contributed by atoms with Crippen LogP contribution in [0.4, 0.5) is 5.69 Å². The molecule has 0 saturated carbocycles. The Bertz CT molecular complexity index is 775. The van der Waals surface area contributed by atoms with Gasteiger partial charge in [0, 0.05) is 27.7 Å². The first-order valence-corrected chi connectivity index (χ1v) is 8.19. The molecule has 2 aromatic carbocycles. The number of benzene rings is 2. The van der Waals surface area contributed by atoms with Crippen molar-refractivity contribution in [1.29, 1.82) is 0 Å². The molecular formula is C18H15Cl2NO4. The highest BCUT2D eigenvalue weighted by Crippen LogP contribution is 2.15. The van der Waals surface area contributed by atoms with Gasteiger partial charge in [0.15, 0.2) is 12.4 Å². The van der Waals surface area contributed by atoms with Crippen LogP contribution in [-0.4, -0.2) is 24.3 Å². The van der Waals surface area contributed by atoms with Gasteiger partial charge in [-0.1, -0.05) is 29.3 Å². The number of carbonyl (C=O) groups excluding carboxylic acids is 3. The van der Waals surface area contributed by atoms with Crippen LogP contribution in [0.1, 0.15) is 23.2 Å². The SMILES string of the molecule is O=C(COC(=O)CCC(=O)c1ccc(Cl)cc1)Nc1cccc(Cl)c1. The number of nitrogens with one attached hydrogen (secondary N) is 1. The first-order valence-electron chi connectivity index (χ1n) is 7.44. The molecule has 2 rings (SSSR count). The van der Waals surface area contributed by atoms with Crippen LogP contribution in [0, 0.1) is 0 Å². The summed E-state index contributed by atoms with van der Waals surface area (Å²) >= 11 is 11.6. The second-order valence-electron chi connectivity index (χ2n) is 5.15. The van der Waals surface area contributed by atoms with Gasteiger partial charge in [0.1, 0.15) is 0 Å². The molecule has 0 aromatic heterocycles. The molecule has 1 N–H and O–H groups in total. The maximum absolute atomic E-state index is 11.9. The van der Waals surface area contributed by atoms with Crippen LogP contribution in [0.5, 0.6) is 0 Å². The highest BCUT2D eigenvalue weighted by molar-refractivity contribution is 6.31. The summed E-state index contributed by atoms with van der Waals surface area (Å²) in [4.78, 5) is 35.3. The lowest BCUT2D eigenvalue weighted by atomic mass is 10.1. The Kier molecular flexibility index (Phi) is 6.98. The fourth-order valence-corrected chi connectivity index (χ4v) is 2.29. The quantitative estimate of drug-likeness (QED) is 0.579. The van der Waals surface area contributed by atoms with Gasteiger partial charge in [-0.05, 0) is 42.5 Å². The summed E-state index contributed by atoms with van der Waals surface area (Å²) in [6.07, 6.45) is -0.109. The van der Waals surface area contributed by atoms with Crippen LogP contribution in [-0.2, 0) is 14.3 Å². The molecule has 0 fully saturated rings. The largest absolute Gasteiger partial charge is 0.456 e. The normalized spacial score (nSPS) is 10.2. The van der Waals surface area contributed by atoms with Crippen molar-refractivity contribution in [2.75, 3.05) is 11.9 Å². The number of amides is 1. The average molecular weight is 380 g/mol. The number of hydrogen-bond donors (Lipinski definition) is 1. The Hall–Kier alpha value is -2.37. The molecule has 0 aliphatic rings. The predicted octanol–water partition coefficient (Wildman–Crippen LogP) is 4.14. The van der Waals surface area contributed by atoms with Crippen molar-refractivity contribution in [3.05, 3.63) is 64.1 Å². The number of ketones is 1. The summed E-state index contributed by atoms with van der Waals surface area (Å²) in [5.74, 6) is -1.31. The summed E-state index contributed by atoms with van der Waals surface area (Å²) in [7, 11) is 0. The zero-order valence-corrected chi connectivity index (χ0v) is 14.6. The highest BCUT2D eigenvalue weighted by atomic mass is 35.5. The molecule has 0 radical (unpaired) electrons. The van der Waals surface area contributed by atoms with Crippen LogP contribution < -0.4 is 5.32 Å². The van der Waals surface area contributed by atoms with Gasteiger partial charge in [-0.15, -0.1) is 0 Å². The predicted molar refractivity (Wildman–Crippen MR) is 96.1 cm³/mol. The molecule has 7 heteroatoms. The number of rotatable bonds is 7. The molecule has 2 aromatic rings. The molecule has 25 heavy (non-hydrogen) atoms. The van der Waals surface area contributed by atoms with Gasteiger partial charge in [0.2, 0.25) is 0 Å². The second kappa shape index (κ2) is 9.20. The van der Waals surface area contributed by atoms with E-state index in [2.05, 4.69) is 5.32 Å². The Morgan fingerprint density at radius 2 is 1.64 bits per heavy atom. The molecule has 130 valence electrons. The van der Waals surface area contributed by atoms with Gasteiger partial charge in [-0.2, -0.15) is 0 Å². The monoisotopic (exact) mass is 379 g/mol. The summed E-state index contributed by atoms with van der Waals surface area (Å²) in [5, 5.41) is 3.57. The fraction of sp³-hybridized carbons (Fsp3) is 0.167. The fourth-order valence-electron chi connectivity index (χ4n) is 1.98. The molecule has 0 aliphatic heterocycles. The van der Waals surface area contributed by atoms with E-state index in [1.165, 1.54) is 0 Å². The van der Waals surface area contributed by atoms with E-state index < -0.39 is 18.5 Å². The number of ether oxygens (including phenoxy) is 1. The van der Waals surface area contributed by atoms with Crippen LogP contribution in [0.2, 0.25) is 10.0 Å². The van der Waals surface area contributed by atoms with Gasteiger partial charge >= 0.3 is 5.97 Å². The number of esters is 1.